The van der Waals surface area contributed by atoms with E-state index in [-0.39, 0.29) is 24.5 Å². The number of amides is 1. The molecule has 0 aliphatic heterocycles. The van der Waals surface area contributed by atoms with Gasteiger partial charge in [-0.15, -0.1) is 0 Å². The monoisotopic (exact) mass is 281 g/mol. The van der Waals surface area contributed by atoms with Gasteiger partial charge in [0, 0.05) is 13.0 Å². The van der Waals surface area contributed by atoms with E-state index in [2.05, 4.69) is 5.32 Å². The number of ether oxygens (including phenoxy) is 1. The number of hydrogen-bond donors (Lipinski definition) is 3. The zero-order valence-corrected chi connectivity index (χ0v) is 11.4. The highest BCUT2D eigenvalue weighted by molar-refractivity contribution is 5.80. The number of carboxylic acid groups (broad SMARTS) is 1. The van der Waals surface area contributed by atoms with E-state index in [1.165, 1.54) is 0 Å². The Morgan fingerprint density at radius 1 is 1.30 bits per heavy atom. The van der Waals surface area contributed by atoms with Gasteiger partial charge in [-0.1, -0.05) is 6.07 Å². The summed E-state index contributed by atoms with van der Waals surface area (Å²) in [7, 11) is 0. The lowest BCUT2D eigenvalue weighted by Gasteiger charge is -2.09. The molecule has 0 unspecified atom stereocenters. The average Bonchev–Trinajstić information content (AvgIpc) is 2.40. The summed E-state index contributed by atoms with van der Waals surface area (Å²) in [6.07, 6.45) is 0.397. The Labute approximate surface area is 117 Å². The SMILES string of the molecule is CCOc1cc(CCNC(=O)CCC(=O)O)ccc1O. The summed E-state index contributed by atoms with van der Waals surface area (Å²) in [5, 5.41) is 20.7. The Morgan fingerprint density at radius 3 is 2.70 bits per heavy atom. The van der Waals surface area contributed by atoms with E-state index in [1.807, 2.05) is 6.92 Å². The van der Waals surface area contributed by atoms with Crippen LogP contribution in [0, 0.1) is 0 Å². The van der Waals surface area contributed by atoms with Gasteiger partial charge in [0.2, 0.25) is 5.91 Å². The molecule has 0 fully saturated rings. The molecule has 1 rings (SSSR count). The number of carbonyl (C=O) groups excluding carboxylic acids is 1. The lowest BCUT2D eigenvalue weighted by Crippen LogP contribution is -2.26. The Bertz CT molecular complexity index is 473. The van der Waals surface area contributed by atoms with Crippen LogP contribution in [0.15, 0.2) is 18.2 Å². The van der Waals surface area contributed by atoms with Crippen molar-refractivity contribution in [1.29, 1.82) is 0 Å². The molecule has 0 radical (unpaired) electrons. The fourth-order valence-electron chi connectivity index (χ4n) is 1.64. The normalized spacial score (nSPS) is 10.1. The second kappa shape index (κ2) is 8.04. The van der Waals surface area contributed by atoms with Crippen molar-refractivity contribution in [3.63, 3.8) is 0 Å². The van der Waals surface area contributed by atoms with Gasteiger partial charge in [-0.05, 0) is 31.0 Å². The van der Waals surface area contributed by atoms with Gasteiger partial charge in [-0.25, -0.2) is 0 Å². The van der Waals surface area contributed by atoms with Gasteiger partial charge in [0.15, 0.2) is 11.5 Å². The molecule has 0 aliphatic rings. The summed E-state index contributed by atoms with van der Waals surface area (Å²) >= 11 is 0. The number of hydrogen-bond acceptors (Lipinski definition) is 4. The molecular formula is C14H19NO5. The maximum absolute atomic E-state index is 11.3. The molecule has 6 nitrogen and oxygen atoms in total. The van der Waals surface area contributed by atoms with Crippen molar-refractivity contribution in [3.05, 3.63) is 23.8 Å². The number of nitrogens with one attached hydrogen (secondary N) is 1. The molecule has 0 saturated heterocycles. The van der Waals surface area contributed by atoms with E-state index in [0.717, 1.165) is 5.56 Å². The zero-order valence-electron chi connectivity index (χ0n) is 11.4. The van der Waals surface area contributed by atoms with Crippen LogP contribution in [-0.4, -0.2) is 35.2 Å². The van der Waals surface area contributed by atoms with E-state index in [4.69, 9.17) is 9.84 Å². The Balaban J connectivity index is 2.40. The molecule has 1 aromatic carbocycles. The third kappa shape index (κ3) is 5.60. The fraction of sp³-hybridized carbons (Fsp3) is 0.429. The summed E-state index contributed by atoms with van der Waals surface area (Å²) in [5.74, 6) is -0.764. The highest BCUT2D eigenvalue weighted by atomic mass is 16.5. The lowest BCUT2D eigenvalue weighted by atomic mass is 10.1. The van der Waals surface area contributed by atoms with Crippen LogP contribution < -0.4 is 10.1 Å². The number of phenolic OH excluding ortho intramolecular Hbond substituents is 1. The molecule has 0 aliphatic carbocycles. The summed E-state index contributed by atoms with van der Waals surface area (Å²) < 4.78 is 5.27. The Hall–Kier alpha value is -2.24. The molecule has 1 aromatic rings. The van der Waals surface area contributed by atoms with Crippen molar-refractivity contribution in [1.82, 2.24) is 5.32 Å². The number of carboxylic acids is 1. The first-order valence-corrected chi connectivity index (χ1v) is 6.46. The van der Waals surface area contributed by atoms with Crippen LogP contribution in [-0.2, 0) is 16.0 Å². The van der Waals surface area contributed by atoms with E-state index in [9.17, 15) is 14.7 Å². The summed E-state index contributed by atoms with van der Waals surface area (Å²) in [4.78, 5) is 21.6. The molecular weight excluding hydrogens is 262 g/mol. The fourth-order valence-corrected chi connectivity index (χ4v) is 1.64. The van der Waals surface area contributed by atoms with Crippen LogP contribution in [0.4, 0.5) is 0 Å². The first kappa shape index (κ1) is 15.8. The number of carbonyl (C=O) groups is 2. The maximum Gasteiger partial charge on any atom is 0.303 e. The van der Waals surface area contributed by atoms with Gasteiger partial charge in [0.05, 0.1) is 13.0 Å². The first-order valence-electron chi connectivity index (χ1n) is 6.46. The van der Waals surface area contributed by atoms with E-state index < -0.39 is 5.97 Å². The van der Waals surface area contributed by atoms with Crippen molar-refractivity contribution in [2.75, 3.05) is 13.2 Å². The van der Waals surface area contributed by atoms with Crippen molar-refractivity contribution < 1.29 is 24.5 Å². The van der Waals surface area contributed by atoms with Crippen LogP contribution in [0.25, 0.3) is 0 Å². The molecule has 0 spiro atoms. The van der Waals surface area contributed by atoms with Crippen LogP contribution in [0.1, 0.15) is 25.3 Å². The number of benzene rings is 1. The van der Waals surface area contributed by atoms with Crippen LogP contribution >= 0.6 is 0 Å². The van der Waals surface area contributed by atoms with E-state index in [0.29, 0.717) is 25.3 Å². The predicted octanol–water partition coefficient (Wildman–Crippen LogP) is 1.31. The third-order valence-electron chi connectivity index (χ3n) is 2.63. The molecule has 0 heterocycles. The molecule has 20 heavy (non-hydrogen) atoms. The minimum absolute atomic E-state index is 0.0187. The number of phenols is 1. The molecule has 0 aromatic heterocycles. The maximum atomic E-state index is 11.3. The van der Waals surface area contributed by atoms with Crippen LogP contribution in [0.3, 0.4) is 0 Å². The number of aromatic hydroxyl groups is 1. The molecule has 0 bridgehead atoms. The van der Waals surface area contributed by atoms with Crippen molar-refractivity contribution in [3.8, 4) is 11.5 Å². The molecule has 3 N–H and O–H groups in total. The van der Waals surface area contributed by atoms with E-state index >= 15 is 0 Å². The zero-order chi connectivity index (χ0) is 15.0. The van der Waals surface area contributed by atoms with Gasteiger partial charge in [0.1, 0.15) is 0 Å². The molecule has 0 atom stereocenters. The van der Waals surface area contributed by atoms with Gasteiger partial charge in [0.25, 0.3) is 0 Å². The van der Waals surface area contributed by atoms with Gasteiger partial charge >= 0.3 is 5.97 Å². The minimum atomic E-state index is -0.986. The van der Waals surface area contributed by atoms with Gasteiger partial charge in [-0.3, -0.25) is 9.59 Å². The molecule has 1 amide bonds. The topological polar surface area (TPSA) is 95.9 Å². The van der Waals surface area contributed by atoms with Crippen molar-refractivity contribution in [2.45, 2.75) is 26.2 Å². The second-order valence-corrected chi connectivity index (χ2v) is 4.23. The molecule has 110 valence electrons. The predicted molar refractivity (Wildman–Crippen MR) is 72.9 cm³/mol. The Kier molecular flexibility index (Phi) is 6.36. The second-order valence-electron chi connectivity index (χ2n) is 4.23. The van der Waals surface area contributed by atoms with Crippen LogP contribution in [0.2, 0.25) is 0 Å². The number of rotatable bonds is 8. The van der Waals surface area contributed by atoms with Gasteiger partial charge < -0.3 is 20.3 Å². The summed E-state index contributed by atoms with van der Waals surface area (Å²) in [6, 6.07) is 5.02. The standard InChI is InChI=1S/C14H19NO5/c1-2-20-12-9-10(3-4-11(12)16)7-8-15-13(17)5-6-14(18)19/h3-4,9,16H,2,5-8H2,1H3,(H,15,17)(H,18,19). The van der Waals surface area contributed by atoms with Crippen LogP contribution in [0.5, 0.6) is 11.5 Å². The number of aliphatic carboxylic acids is 1. The summed E-state index contributed by atoms with van der Waals surface area (Å²) in [6.45, 7) is 2.70. The van der Waals surface area contributed by atoms with Crippen molar-refractivity contribution in [2.24, 2.45) is 0 Å². The van der Waals surface area contributed by atoms with Crippen molar-refractivity contribution >= 4 is 11.9 Å². The Morgan fingerprint density at radius 2 is 2.05 bits per heavy atom. The quantitative estimate of drug-likeness (QED) is 0.667. The third-order valence-corrected chi connectivity index (χ3v) is 2.63. The van der Waals surface area contributed by atoms with E-state index in [1.54, 1.807) is 18.2 Å². The van der Waals surface area contributed by atoms with Gasteiger partial charge in [-0.2, -0.15) is 0 Å². The smallest absolute Gasteiger partial charge is 0.303 e. The average molecular weight is 281 g/mol. The highest BCUT2D eigenvalue weighted by Crippen LogP contribution is 2.26. The molecule has 0 saturated carbocycles. The largest absolute Gasteiger partial charge is 0.504 e. The lowest BCUT2D eigenvalue weighted by molar-refractivity contribution is -0.138. The highest BCUT2D eigenvalue weighted by Gasteiger charge is 2.06. The molecule has 6 heteroatoms. The minimum Gasteiger partial charge on any atom is -0.504 e. The first-order chi connectivity index (χ1) is 9.52. The summed E-state index contributed by atoms with van der Waals surface area (Å²) in [5.41, 5.74) is 0.921.